The van der Waals surface area contributed by atoms with Crippen molar-refractivity contribution in [2.45, 2.75) is 13.0 Å². The lowest BCUT2D eigenvalue weighted by Gasteiger charge is -2.12. The van der Waals surface area contributed by atoms with Gasteiger partial charge in [0.2, 0.25) is 0 Å². The second kappa shape index (κ2) is 8.36. The SMILES string of the molecule is CNC(C)CNC(=O)c1ccc(-c2ccc(Br)cc2)n1C.Cl. The number of amides is 1. The molecule has 2 rings (SSSR count). The molecule has 0 saturated heterocycles. The van der Waals surface area contributed by atoms with Gasteiger partial charge in [-0.25, -0.2) is 0 Å². The van der Waals surface area contributed by atoms with E-state index < -0.39 is 0 Å². The van der Waals surface area contributed by atoms with Gasteiger partial charge in [0.15, 0.2) is 0 Å². The summed E-state index contributed by atoms with van der Waals surface area (Å²) in [5, 5.41) is 6.03. The van der Waals surface area contributed by atoms with E-state index in [0.29, 0.717) is 12.2 Å². The molecule has 0 spiro atoms. The van der Waals surface area contributed by atoms with Crippen molar-refractivity contribution in [3.8, 4) is 11.3 Å². The summed E-state index contributed by atoms with van der Waals surface area (Å²) in [6.07, 6.45) is 0. The van der Waals surface area contributed by atoms with Crippen LogP contribution in [0.5, 0.6) is 0 Å². The van der Waals surface area contributed by atoms with E-state index in [0.717, 1.165) is 15.7 Å². The van der Waals surface area contributed by atoms with E-state index in [-0.39, 0.29) is 24.4 Å². The van der Waals surface area contributed by atoms with Crippen LogP contribution in [0.25, 0.3) is 11.3 Å². The van der Waals surface area contributed by atoms with Crippen molar-refractivity contribution in [1.82, 2.24) is 15.2 Å². The van der Waals surface area contributed by atoms with Gasteiger partial charge in [-0.2, -0.15) is 0 Å². The van der Waals surface area contributed by atoms with E-state index in [4.69, 9.17) is 0 Å². The smallest absolute Gasteiger partial charge is 0.267 e. The minimum absolute atomic E-state index is 0. The fourth-order valence-corrected chi connectivity index (χ4v) is 2.35. The van der Waals surface area contributed by atoms with Gasteiger partial charge in [0, 0.05) is 29.8 Å². The predicted octanol–water partition coefficient (Wildman–Crippen LogP) is 3.21. The lowest BCUT2D eigenvalue weighted by Crippen LogP contribution is -2.37. The van der Waals surface area contributed by atoms with Crippen molar-refractivity contribution >= 4 is 34.2 Å². The van der Waals surface area contributed by atoms with Crippen molar-refractivity contribution < 1.29 is 4.79 Å². The van der Waals surface area contributed by atoms with Crippen LogP contribution >= 0.6 is 28.3 Å². The normalized spacial score (nSPS) is 11.6. The molecule has 120 valence electrons. The van der Waals surface area contributed by atoms with Gasteiger partial charge in [-0.1, -0.05) is 28.1 Å². The van der Waals surface area contributed by atoms with Crippen molar-refractivity contribution in [2.75, 3.05) is 13.6 Å². The molecule has 0 saturated carbocycles. The summed E-state index contributed by atoms with van der Waals surface area (Å²) in [4.78, 5) is 12.2. The monoisotopic (exact) mass is 385 g/mol. The van der Waals surface area contributed by atoms with Crippen LogP contribution in [-0.2, 0) is 7.05 Å². The Hall–Kier alpha value is -1.30. The molecule has 0 radical (unpaired) electrons. The van der Waals surface area contributed by atoms with Crippen LogP contribution in [0.1, 0.15) is 17.4 Å². The maximum absolute atomic E-state index is 12.2. The molecule has 1 aromatic carbocycles. The molecule has 2 N–H and O–H groups in total. The number of hydrogen-bond acceptors (Lipinski definition) is 2. The van der Waals surface area contributed by atoms with Gasteiger partial charge in [0.05, 0.1) is 0 Å². The molecule has 1 amide bonds. The largest absolute Gasteiger partial charge is 0.349 e. The van der Waals surface area contributed by atoms with Gasteiger partial charge < -0.3 is 15.2 Å². The van der Waals surface area contributed by atoms with Crippen LogP contribution in [0, 0.1) is 0 Å². The summed E-state index contributed by atoms with van der Waals surface area (Å²) in [7, 11) is 3.79. The average molecular weight is 387 g/mol. The first-order valence-electron chi connectivity index (χ1n) is 6.90. The molecule has 22 heavy (non-hydrogen) atoms. The number of nitrogens with one attached hydrogen (secondary N) is 2. The van der Waals surface area contributed by atoms with E-state index in [2.05, 4.69) is 26.6 Å². The molecular formula is C16H21BrClN3O. The Morgan fingerprint density at radius 1 is 1.23 bits per heavy atom. The highest BCUT2D eigenvalue weighted by molar-refractivity contribution is 9.10. The van der Waals surface area contributed by atoms with Crippen LogP contribution in [0.3, 0.4) is 0 Å². The molecule has 2 aromatic rings. The molecule has 1 unspecified atom stereocenters. The van der Waals surface area contributed by atoms with E-state index in [1.165, 1.54) is 0 Å². The standard InChI is InChI=1S/C16H20BrN3O.ClH/c1-11(18-2)10-19-16(21)15-9-8-14(20(15)3)12-4-6-13(17)7-5-12;/h4-9,11,18H,10H2,1-3H3,(H,19,21);1H. The number of nitrogens with zero attached hydrogens (tertiary/aromatic N) is 1. The first kappa shape index (κ1) is 18.7. The summed E-state index contributed by atoms with van der Waals surface area (Å²) in [5.74, 6) is -0.0528. The Morgan fingerprint density at radius 3 is 2.45 bits per heavy atom. The lowest BCUT2D eigenvalue weighted by atomic mass is 10.1. The predicted molar refractivity (Wildman–Crippen MR) is 96.7 cm³/mol. The summed E-state index contributed by atoms with van der Waals surface area (Å²) < 4.78 is 2.96. The highest BCUT2D eigenvalue weighted by atomic mass is 79.9. The first-order chi connectivity index (χ1) is 10.0. The number of benzene rings is 1. The molecule has 1 aromatic heterocycles. The zero-order valence-corrected chi connectivity index (χ0v) is 15.3. The Bertz CT molecular complexity index is 625. The van der Waals surface area contributed by atoms with Gasteiger partial charge >= 0.3 is 0 Å². The summed E-state index contributed by atoms with van der Waals surface area (Å²) in [6.45, 7) is 2.63. The van der Waals surface area contributed by atoms with Crippen molar-refractivity contribution in [1.29, 1.82) is 0 Å². The third-order valence-electron chi connectivity index (χ3n) is 3.56. The van der Waals surface area contributed by atoms with E-state index in [1.54, 1.807) is 0 Å². The minimum atomic E-state index is -0.0528. The highest BCUT2D eigenvalue weighted by Crippen LogP contribution is 2.23. The van der Waals surface area contributed by atoms with E-state index >= 15 is 0 Å². The van der Waals surface area contributed by atoms with Crippen molar-refractivity contribution in [2.24, 2.45) is 7.05 Å². The quantitative estimate of drug-likeness (QED) is 0.829. The molecule has 4 nitrogen and oxygen atoms in total. The second-order valence-electron chi connectivity index (χ2n) is 5.07. The van der Waals surface area contributed by atoms with E-state index in [1.807, 2.05) is 62.0 Å². The number of likely N-dealkylation sites (N-methyl/N-ethyl adjacent to an activating group) is 1. The molecule has 1 atom stereocenters. The van der Waals surface area contributed by atoms with Crippen LogP contribution in [0.4, 0.5) is 0 Å². The molecule has 0 aliphatic rings. The molecule has 0 bridgehead atoms. The lowest BCUT2D eigenvalue weighted by molar-refractivity contribution is 0.0942. The van der Waals surface area contributed by atoms with Gasteiger partial charge in [-0.3, -0.25) is 4.79 Å². The summed E-state index contributed by atoms with van der Waals surface area (Å²) in [6, 6.07) is 12.1. The van der Waals surface area contributed by atoms with Crippen LogP contribution < -0.4 is 10.6 Å². The first-order valence-corrected chi connectivity index (χ1v) is 7.69. The number of carbonyl (C=O) groups excluding carboxylic acids is 1. The van der Waals surface area contributed by atoms with Gasteiger partial charge in [-0.05, 0) is 43.8 Å². The average Bonchev–Trinajstić information content (AvgIpc) is 2.87. The van der Waals surface area contributed by atoms with Crippen LogP contribution in [0.2, 0.25) is 0 Å². The Balaban J connectivity index is 0.00000242. The number of hydrogen-bond donors (Lipinski definition) is 2. The fourth-order valence-electron chi connectivity index (χ4n) is 2.09. The molecule has 1 heterocycles. The Kier molecular flexibility index (Phi) is 7.13. The Labute approximate surface area is 145 Å². The Morgan fingerprint density at radius 2 is 1.86 bits per heavy atom. The molecule has 0 aliphatic heterocycles. The number of aromatic nitrogens is 1. The van der Waals surface area contributed by atoms with Gasteiger partial charge in [0.25, 0.3) is 5.91 Å². The summed E-state index contributed by atoms with van der Waals surface area (Å²) in [5.41, 5.74) is 2.77. The number of halogens is 2. The number of rotatable bonds is 5. The highest BCUT2D eigenvalue weighted by Gasteiger charge is 2.13. The third-order valence-corrected chi connectivity index (χ3v) is 4.08. The minimum Gasteiger partial charge on any atom is -0.349 e. The fraction of sp³-hybridized carbons (Fsp3) is 0.312. The van der Waals surface area contributed by atoms with E-state index in [9.17, 15) is 4.79 Å². The molecule has 0 fully saturated rings. The van der Waals surface area contributed by atoms with Gasteiger partial charge in [0.1, 0.15) is 5.69 Å². The molecule has 0 aliphatic carbocycles. The second-order valence-corrected chi connectivity index (χ2v) is 5.99. The number of carbonyl (C=O) groups is 1. The van der Waals surface area contributed by atoms with Crippen LogP contribution in [0.15, 0.2) is 40.9 Å². The topological polar surface area (TPSA) is 46.1 Å². The maximum atomic E-state index is 12.2. The maximum Gasteiger partial charge on any atom is 0.267 e. The van der Waals surface area contributed by atoms with Crippen molar-refractivity contribution in [3.63, 3.8) is 0 Å². The summed E-state index contributed by atoms with van der Waals surface area (Å²) >= 11 is 3.43. The zero-order chi connectivity index (χ0) is 15.4. The molecular weight excluding hydrogens is 366 g/mol. The van der Waals surface area contributed by atoms with Gasteiger partial charge in [-0.15, -0.1) is 12.4 Å². The third kappa shape index (κ3) is 4.35. The zero-order valence-electron chi connectivity index (χ0n) is 12.9. The van der Waals surface area contributed by atoms with Crippen molar-refractivity contribution in [3.05, 3.63) is 46.6 Å². The molecule has 6 heteroatoms. The van der Waals surface area contributed by atoms with Crippen LogP contribution in [-0.4, -0.2) is 30.1 Å².